The second-order valence-electron chi connectivity index (χ2n) is 5.06. The number of hydrogen-bond acceptors (Lipinski definition) is 4. The Morgan fingerprint density at radius 3 is 3.06 bits per heavy atom. The number of carbonyl (C=O) groups is 1. The lowest BCUT2D eigenvalue weighted by Crippen LogP contribution is -2.44. The molecule has 2 heterocycles. The van der Waals surface area contributed by atoms with Crippen molar-refractivity contribution < 1.29 is 14.6 Å². The molecule has 3 atom stereocenters. The van der Waals surface area contributed by atoms with Crippen LogP contribution in [0.15, 0.2) is 0 Å². The van der Waals surface area contributed by atoms with E-state index in [0.29, 0.717) is 19.6 Å². The van der Waals surface area contributed by atoms with Crippen molar-refractivity contribution in [2.45, 2.75) is 31.9 Å². The number of likely N-dealkylation sites (tertiary alicyclic amines) is 1. The van der Waals surface area contributed by atoms with Crippen LogP contribution in [0.4, 0.5) is 0 Å². The molecule has 0 saturated carbocycles. The lowest BCUT2D eigenvalue weighted by Gasteiger charge is -2.25. The van der Waals surface area contributed by atoms with Gasteiger partial charge in [0.05, 0.1) is 19.3 Å². The molecule has 0 radical (unpaired) electrons. The van der Waals surface area contributed by atoms with E-state index < -0.39 is 0 Å². The van der Waals surface area contributed by atoms with Crippen LogP contribution < -0.4 is 5.32 Å². The minimum absolute atomic E-state index is 0.154. The van der Waals surface area contributed by atoms with Crippen LogP contribution in [-0.2, 0) is 9.53 Å². The fraction of sp³-hybridized carbons (Fsp3) is 0.917. The number of nitrogens with one attached hydrogen (secondary N) is 1. The Balaban J connectivity index is 1.76. The van der Waals surface area contributed by atoms with Crippen LogP contribution in [0.3, 0.4) is 0 Å². The largest absolute Gasteiger partial charge is 0.393 e. The van der Waals surface area contributed by atoms with E-state index in [1.165, 1.54) is 0 Å². The van der Waals surface area contributed by atoms with Gasteiger partial charge >= 0.3 is 0 Å². The molecule has 0 spiro atoms. The molecule has 98 valence electrons. The van der Waals surface area contributed by atoms with Crippen LogP contribution in [-0.4, -0.2) is 60.9 Å². The number of rotatable bonds is 3. The van der Waals surface area contributed by atoms with Crippen molar-refractivity contribution in [3.8, 4) is 0 Å². The van der Waals surface area contributed by atoms with Crippen molar-refractivity contribution in [3.63, 3.8) is 0 Å². The van der Waals surface area contributed by atoms with E-state index in [2.05, 4.69) is 5.32 Å². The molecule has 2 aliphatic rings. The van der Waals surface area contributed by atoms with Gasteiger partial charge in [0.25, 0.3) is 0 Å². The molecule has 2 N–H and O–H groups in total. The molecule has 0 aromatic carbocycles. The van der Waals surface area contributed by atoms with Crippen LogP contribution in [0.25, 0.3) is 0 Å². The molecule has 0 aromatic rings. The highest BCUT2D eigenvalue weighted by atomic mass is 16.5. The first-order valence-electron chi connectivity index (χ1n) is 6.44. The van der Waals surface area contributed by atoms with Crippen LogP contribution in [0.5, 0.6) is 0 Å². The van der Waals surface area contributed by atoms with Gasteiger partial charge < -0.3 is 20.1 Å². The van der Waals surface area contributed by atoms with Gasteiger partial charge in [0, 0.05) is 38.0 Å². The topological polar surface area (TPSA) is 61.8 Å². The molecule has 0 bridgehead atoms. The maximum Gasteiger partial charge on any atom is 0.224 e. The lowest BCUT2D eigenvalue weighted by molar-refractivity contribution is -0.131. The Bertz CT molecular complexity index is 264. The number of amides is 1. The highest BCUT2D eigenvalue weighted by molar-refractivity contribution is 5.77. The van der Waals surface area contributed by atoms with E-state index in [0.717, 1.165) is 26.1 Å². The summed E-state index contributed by atoms with van der Waals surface area (Å²) in [6.07, 6.45) is 1.11. The number of nitrogens with zero attached hydrogens (tertiary/aromatic N) is 1. The molecule has 2 saturated heterocycles. The van der Waals surface area contributed by atoms with Crippen LogP contribution in [0.1, 0.15) is 19.8 Å². The summed E-state index contributed by atoms with van der Waals surface area (Å²) in [7, 11) is 0. The minimum Gasteiger partial charge on any atom is -0.393 e. The third kappa shape index (κ3) is 3.40. The summed E-state index contributed by atoms with van der Waals surface area (Å²) in [5.41, 5.74) is 0. The summed E-state index contributed by atoms with van der Waals surface area (Å²) in [5.74, 6) is 0.422. The zero-order valence-corrected chi connectivity index (χ0v) is 10.4. The average Bonchev–Trinajstić information content (AvgIpc) is 2.79. The van der Waals surface area contributed by atoms with E-state index in [1.54, 1.807) is 6.92 Å². The fourth-order valence-electron chi connectivity index (χ4n) is 2.50. The first kappa shape index (κ1) is 12.8. The number of carbonyl (C=O) groups excluding carboxylic acids is 1. The summed E-state index contributed by atoms with van der Waals surface area (Å²) < 4.78 is 5.33. The maximum absolute atomic E-state index is 12.0. The predicted octanol–water partition coefficient (Wildman–Crippen LogP) is -0.406. The van der Waals surface area contributed by atoms with Gasteiger partial charge in [-0.05, 0) is 13.3 Å². The van der Waals surface area contributed by atoms with Crippen molar-refractivity contribution in [2.75, 3.05) is 32.8 Å². The summed E-state index contributed by atoms with van der Waals surface area (Å²) in [5, 5.41) is 12.8. The van der Waals surface area contributed by atoms with E-state index in [4.69, 9.17) is 4.74 Å². The first-order valence-corrected chi connectivity index (χ1v) is 6.44. The standard InChI is InChI=1S/C12H22N2O3/c1-9(15)10-2-4-14(7-10)12(16)6-11-8-17-5-3-13-11/h9-11,13,15H,2-8H2,1H3. The number of morpholine rings is 1. The van der Waals surface area contributed by atoms with Crippen LogP contribution in [0.2, 0.25) is 0 Å². The van der Waals surface area contributed by atoms with Gasteiger partial charge in [-0.25, -0.2) is 0 Å². The van der Waals surface area contributed by atoms with Crippen molar-refractivity contribution in [2.24, 2.45) is 5.92 Å². The van der Waals surface area contributed by atoms with Gasteiger partial charge in [-0.15, -0.1) is 0 Å². The number of hydrogen-bond donors (Lipinski definition) is 2. The summed E-state index contributed by atoms with van der Waals surface area (Å²) in [6.45, 7) is 5.47. The Kier molecular flexibility index (Phi) is 4.36. The molecular formula is C12H22N2O3. The molecule has 17 heavy (non-hydrogen) atoms. The predicted molar refractivity (Wildman–Crippen MR) is 63.6 cm³/mol. The molecule has 2 rings (SSSR count). The molecule has 1 amide bonds. The average molecular weight is 242 g/mol. The highest BCUT2D eigenvalue weighted by Gasteiger charge is 2.30. The monoisotopic (exact) mass is 242 g/mol. The van der Waals surface area contributed by atoms with E-state index in [1.807, 2.05) is 4.90 Å². The lowest BCUT2D eigenvalue weighted by atomic mass is 10.0. The number of aliphatic hydroxyl groups is 1. The fourth-order valence-corrected chi connectivity index (χ4v) is 2.50. The summed E-state index contributed by atoms with van der Waals surface area (Å²) in [6, 6.07) is 0.154. The SMILES string of the molecule is CC(O)C1CCN(C(=O)CC2COCCN2)C1. The Hall–Kier alpha value is -0.650. The van der Waals surface area contributed by atoms with Crippen molar-refractivity contribution >= 4 is 5.91 Å². The third-order valence-electron chi connectivity index (χ3n) is 3.68. The molecule has 5 nitrogen and oxygen atoms in total. The molecule has 0 aliphatic carbocycles. The first-order chi connectivity index (χ1) is 8.16. The van der Waals surface area contributed by atoms with E-state index in [9.17, 15) is 9.90 Å². The smallest absolute Gasteiger partial charge is 0.224 e. The molecule has 5 heteroatoms. The molecular weight excluding hydrogens is 220 g/mol. The van der Waals surface area contributed by atoms with E-state index in [-0.39, 0.29) is 24.0 Å². The highest BCUT2D eigenvalue weighted by Crippen LogP contribution is 2.20. The summed E-state index contributed by atoms with van der Waals surface area (Å²) >= 11 is 0. The number of ether oxygens (including phenoxy) is 1. The molecule has 2 aliphatic heterocycles. The van der Waals surface area contributed by atoms with Gasteiger partial charge in [0.1, 0.15) is 0 Å². The van der Waals surface area contributed by atoms with Gasteiger partial charge in [-0.3, -0.25) is 4.79 Å². The van der Waals surface area contributed by atoms with Gasteiger partial charge in [-0.2, -0.15) is 0 Å². The van der Waals surface area contributed by atoms with Gasteiger partial charge in [-0.1, -0.05) is 0 Å². The van der Waals surface area contributed by atoms with Crippen molar-refractivity contribution in [3.05, 3.63) is 0 Å². The maximum atomic E-state index is 12.0. The number of aliphatic hydroxyl groups excluding tert-OH is 1. The van der Waals surface area contributed by atoms with Crippen LogP contribution in [0, 0.1) is 5.92 Å². The normalized spacial score (nSPS) is 31.5. The van der Waals surface area contributed by atoms with Crippen molar-refractivity contribution in [1.29, 1.82) is 0 Å². The Morgan fingerprint density at radius 2 is 2.47 bits per heavy atom. The molecule has 0 aromatic heterocycles. The quantitative estimate of drug-likeness (QED) is 0.706. The zero-order chi connectivity index (χ0) is 12.3. The second kappa shape index (κ2) is 5.80. The Labute approximate surface area is 102 Å². The van der Waals surface area contributed by atoms with E-state index >= 15 is 0 Å². The second-order valence-corrected chi connectivity index (χ2v) is 5.06. The third-order valence-corrected chi connectivity index (χ3v) is 3.68. The van der Waals surface area contributed by atoms with Crippen LogP contribution >= 0.6 is 0 Å². The van der Waals surface area contributed by atoms with Crippen molar-refractivity contribution in [1.82, 2.24) is 10.2 Å². The minimum atomic E-state index is -0.316. The molecule has 3 unspecified atom stereocenters. The zero-order valence-electron chi connectivity index (χ0n) is 10.4. The summed E-state index contributed by atoms with van der Waals surface area (Å²) in [4.78, 5) is 13.9. The van der Waals surface area contributed by atoms with Gasteiger partial charge in [0.15, 0.2) is 0 Å². The molecule has 2 fully saturated rings. The Morgan fingerprint density at radius 1 is 1.65 bits per heavy atom. The van der Waals surface area contributed by atoms with Gasteiger partial charge in [0.2, 0.25) is 5.91 Å².